The molecule has 3 unspecified atom stereocenters. The number of hydrogen-bond acceptors (Lipinski definition) is 5. The second kappa shape index (κ2) is 8.67. The number of hydrogen-bond donors (Lipinski definition) is 2. The maximum atomic E-state index is 12.3. The Morgan fingerprint density at radius 2 is 2.10 bits per heavy atom. The van der Waals surface area contributed by atoms with Crippen LogP contribution in [-0.2, 0) is 15.2 Å². The lowest BCUT2D eigenvalue weighted by atomic mass is 9.72. The van der Waals surface area contributed by atoms with Gasteiger partial charge in [-0.3, -0.25) is 19.9 Å². The summed E-state index contributed by atoms with van der Waals surface area (Å²) in [4.78, 5) is 30.8. The van der Waals surface area contributed by atoms with Gasteiger partial charge in [-0.25, -0.2) is 0 Å². The summed E-state index contributed by atoms with van der Waals surface area (Å²) in [6.07, 6.45) is 4.27. The van der Waals surface area contributed by atoms with Crippen LogP contribution in [-0.4, -0.2) is 46.4 Å². The molecular formula is C25H33N3O3. The van der Waals surface area contributed by atoms with Crippen molar-refractivity contribution in [2.75, 3.05) is 19.6 Å². The van der Waals surface area contributed by atoms with E-state index in [1.807, 2.05) is 24.3 Å². The van der Waals surface area contributed by atoms with Crippen LogP contribution in [0.15, 0.2) is 30.5 Å². The highest BCUT2D eigenvalue weighted by atomic mass is 16.3. The van der Waals surface area contributed by atoms with Gasteiger partial charge in [-0.1, -0.05) is 26.8 Å². The molecule has 3 heterocycles. The van der Waals surface area contributed by atoms with Crippen LogP contribution in [0.5, 0.6) is 0 Å². The third-order valence-corrected chi connectivity index (χ3v) is 7.01. The third kappa shape index (κ3) is 4.37. The largest absolute Gasteiger partial charge is 0.385 e. The Balaban J connectivity index is 1.68. The molecule has 0 radical (unpaired) electrons. The van der Waals surface area contributed by atoms with Gasteiger partial charge in [0, 0.05) is 37.0 Å². The zero-order valence-electron chi connectivity index (χ0n) is 18.7. The number of nitrogens with one attached hydrogen (secondary N) is 1. The minimum atomic E-state index is -0.866. The number of piperidine rings is 2. The second-order valence-electron chi connectivity index (χ2n) is 9.57. The zero-order valence-corrected chi connectivity index (χ0v) is 18.7. The summed E-state index contributed by atoms with van der Waals surface area (Å²) in [5, 5.41) is 15.2. The van der Waals surface area contributed by atoms with Crippen molar-refractivity contribution < 1.29 is 14.7 Å². The average Bonchev–Trinajstić information content (AvgIpc) is 2.74. The van der Waals surface area contributed by atoms with Crippen molar-refractivity contribution in [2.24, 2.45) is 11.8 Å². The highest BCUT2D eigenvalue weighted by Crippen LogP contribution is 2.41. The summed E-state index contributed by atoms with van der Waals surface area (Å²) >= 11 is 0. The van der Waals surface area contributed by atoms with Gasteiger partial charge in [-0.15, -0.1) is 0 Å². The van der Waals surface area contributed by atoms with Crippen LogP contribution < -0.4 is 5.32 Å². The lowest BCUT2D eigenvalue weighted by Gasteiger charge is -2.45. The number of rotatable bonds is 5. The minimum Gasteiger partial charge on any atom is -0.385 e. The molecule has 1 aromatic heterocycles. The van der Waals surface area contributed by atoms with E-state index in [1.54, 1.807) is 6.20 Å². The molecule has 4 rings (SSSR count). The number of pyridine rings is 1. The molecule has 2 aromatic rings. The molecule has 31 heavy (non-hydrogen) atoms. The van der Waals surface area contributed by atoms with Gasteiger partial charge in [0.25, 0.3) is 0 Å². The molecule has 166 valence electrons. The first kappa shape index (κ1) is 21.9. The van der Waals surface area contributed by atoms with E-state index in [4.69, 9.17) is 0 Å². The molecule has 2 aliphatic rings. The highest BCUT2D eigenvalue weighted by molar-refractivity contribution is 6.01. The van der Waals surface area contributed by atoms with E-state index in [2.05, 4.69) is 36.0 Å². The molecule has 0 aliphatic carbocycles. The van der Waals surface area contributed by atoms with Gasteiger partial charge in [0.2, 0.25) is 11.8 Å². The van der Waals surface area contributed by atoms with E-state index >= 15 is 0 Å². The first-order valence-electron chi connectivity index (χ1n) is 11.5. The number of carbonyl (C=O) groups excluding carboxylic acids is 2. The average molecular weight is 424 g/mol. The first-order chi connectivity index (χ1) is 14.8. The van der Waals surface area contributed by atoms with Crippen molar-refractivity contribution in [3.05, 3.63) is 41.6 Å². The Hall–Kier alpha value is -2.31. The number of amides is 2. The van der Waals surface area contributed by atoms with Crippen LogP contribution in [0.3, 0.4) is 0 Å². The fraction of sp³-hybridized carbons (Fsp3) is 0.560. The Bertz CT molecular complexity index is 989. The summed E-state index contributed by atoms with van der Waals surface area (Å²) in [7, 11) is 0. The quantitative estimate of drug-likeness (QED) is 0.721. The number of fused-ring (bicyclic) bond motifs is 1. The van der Waals surface area contributed by atoms with E-state index in [0.717, 1.165) is 48.1 Å². The number of imide groups is 1. The predicted octanol–water partition coefficient (Wildman–Crippen LogP) is 3.33. The van der Waals surface area contributed by atoms with Gasteiger partial charge in [0.1, 0.15) is 0 Å². The summed E-state index contributed by atoms with van der Waals surface area (Å²) in [5.41, 5.74) is 1.73. The van der Waals surface area contributed by atoms with Crippen LogP contribution in [0.2, 0.25) is 0 Å². The summed E-state index contributed by atoms with van der Waals surface area (Å²) in [6, 6.07) is 8.02. The molecule has 6 heteroatoms. The zero-order chi connectivity index (χ0) is 22.2. The van der Waals surface area contributed by atoms with Crippen LogP contribution in [0.1, 0.15) is 63.5 Å². The van der Waals surface area contributed by atoms with Crippen LogP contribution in [0.25, 0.3) is 10.9 Å². The van der Waals surface area contributed by atoms with E-state index in [1.165, 1.54) is 0 Å². The van der Waals surface area contributed by atoms with Gasteiger partial charge in [-0.05, 0) is 61.1 Å². The first-order valence-corrected chi connectivity index (χ1v) is 11.5. The van der Waals surface area contributed by atoms with E-state index < -0.39 is 5.60 Å². The van der Waals surface area contributed by atoms with Crippen molar-refractivity contribution in [3.8, 4) is 0 Å². The summed E-state index contributed by atoms with van der Waals surface area (Å²) in [5.74, 6) is -0.146. The number of carbonyl (C=O) groups is 2. The van der Waals surface area contributed by atoms with Crippen molar-refractivity contribution in [1.29, 1.82) is 0 Å². The van der Waals surface area contributed by atoms with Gasteiger partial charge >= 0.3 is 0 Å². The fourth-order valence-corrected chi connectivity index (χ4v) is 5.21. The molecule has 2 saturated heterocycles. The summed E-state index contributed by atoms with van der Waals surface area (Å²) < 4.78 is 0. The lowest BCUT2D eigenvalue weighted by Crippen LogP contribution is -2.50. The van der Waals surface area contributed by atoms with Gasteiger partial charge in [0.05, 0.1) is 17.0 Å². The normalized spacial score (nSPS) is 27.6. The lowest BCUT2D eigenvalue weighted by molar-refractivity contribution is -0.134. The molecule has 2 N–H and O–H groups in total. The van der Waals surface area contributed by atoms with Gasteiger partial charge in [0.15, 0.2) is 0 Å². The van der Waals surface area contributed by atoms with Crippen molar-refractivity contribution in [2.45, 2.75) is 58.0 Å². The predicted molar refractivity (Wildman–Crippen MR) is 120 cm³/mol. The maximum Gasteiger partial charge on any atom is 0.234 e. The smallest absolute Gasteiger partial charge is 0.234 e. The van der Waals surface area contributed by atoms with E-state index in [0.29, 0.717) is 25.2 Å². The molecule has 1 aromatic carbocycles. The Kier molecular flexibility index (Phi) is 6.13. The number of likely N-dealkylation sites (tertiary alicyclic amines) is 1. The molecule has 2 amide bonds. The second-order valence-corrected chi connectivity index (χ2v) is 9.57. The maximum absolute atomic E-state index is 12.3. The number of benzene rings is 1. The van der Waals surface area contributed by atoms with Gasteiger partial charge in [-0.2, -0.15) is 0 Å². The Morgan fingerprint density at radius 1 is 1.29 bits per heavy atom. The Morgan fingerprint density at radius 3 is 2.81 bits per heavy atom. The molecule has 2 fully saturated rings. The van der Waals surface area contributed by atoms with Crippen LogP contribution in [0.4, 0.5) is 0 Å². The van der Waals surface area contributed by atoms with Gasteiger partial charge < -0.3 is 10.0 Å². The van der Waals surface area contributed by atoms with Crippen molar-refractivity contribution >= 4 is 22.7 Å². The number of aliphatic hydroxyl groups is 1. The fourth-order valence-electron chi connectivity index (χ4n) is 5.21. The van der Waals surface area contributed by atoms with E-state index in [-0.39, 0.29) is 23.7 Å². The van der Waals surface area contributed by atoms with E-state index in [9.17, 15) is 14.7 Å². The molecule has 2 aliphatic heterocycles. The SMILES string of the molecule is CCN1CCC(O)(c2ccc3ncc(C4CCC(=O)NC4=O)cc3c2)C(CC(C)C)C1. The van der Waals surface area contributed by atoms with Crippen LogP contribution >= 0.6 is 0 Å². The van der Waals surface area contributed by atoms with Crippen molar-refractivity contribution in [3.63, 3.8) is 0 Å². The summed E-state index contributed by atoms with van der Waals surface area (Å²) in [6.45, 7) is 9.38. The van der Waals surface area contributed by atoms with Crippen LogP contribution in [0, 0.1) is 11.8 Å². The molecule has 6 nitrogen and oxygen atoms in total. The molecule has 0 spiro atoms. The number of aromatic nitrogens is 1. The minimum absolute atomic E-state index is 0.171. The molecule has 3 atom stereocenters. The standard InChI is InChI=1S/C25H33N3O3/c1-4-28-10-9-25(31,20(15-28)11-16(2)3)19-5-7-22-17(13-19)12-18(14-26-22)21-6-8-23(29)27-24(21)30/h5,7,12-14,16,20-21,31H,4,6,8-11,15H2,1-3H3,(H,27,29,30). The monoisotopic (exact) mass is 423 g/mol. The third-order valence-electron chi connectivity index (χ3n) is 7.01. The molecule has 0 saturated carbocycles. The highest BCUT2D eigenvalue weighted by Gasteiger charge is 2.42. The number of nitrogens with zero attached hydrogens (tertiary/aromatic N) is 2. The van der Waals surface area contributed by atoms with Crippen molar-refractivity contribution in [1.82, 2.24) is 15.2 Å². The topological polar surface area (TPSA) is 82.5 Å². The molecule has 0 bridgehead atoms. The Labute approximate surface area is 184 Å². The molecular weight excluding hydrogens is 390 g/mol.